The number of piperidine rings is 1. The Kier molecular flexibility index (Phi) is 5.75. The molecule has 0 aromatic carbocycles. The Morgan fingerprint density at radius 3 is 2.12 bits per heavy atom. The number of rotatable bonds is 5. The van der Waals surface area contributed by atoms with Crippen molar-refractivity contribution in [1.82, 2.24) is 9.80 Å². The molecule has 1 heterocycles. The number of amides is 2. The molecule has 9 heteroatoms. The van der Waals surface area contributed by atoms with Gasteiger partial charge in [0.2, 0.25) is 11.8 Å². The smallest absolute Gasteiger partial charge is 0.306 e. The van der Waals surface area contributed by atoms with Crippen molar-refractivity contribution >= 4 is 27.6 Å². The lowest BCUT2D eigenvalue weighted by Gasteiger charge is -2.34. The number of likely N-dealkylation sites (tertiary alicyclic amines) is 1. The van der Waals surface area contributed by atoms with Gasteiger partial charge in [-0.05, 0) is 25.7 Å². The van der Waals surface area contributed by atoms with Crippen LogP contribution in [0.1, 0.15) is 38.5 Å². The molecule has 0 spiro atoms. The van der Waals surface area contributed by atoms with Crippen LogP contribution in [0.3, 0.4) is 0 Å². The van der Waals surface area contributed by atoms with Gasteiger partial charge < -0.3 is 14.9 Å². The Morgan fingerprint density at radius 1 is 1.16 bits per heavy atom. The summed E-state index contributed by atoms with van der Waals surface area (Å²) in [6, 6.07) is 0. The second kappa shape index (κ2) is 7.31. The molecular formula is C16H26N2O6S. The first-order valence-corrected chi connectivity index (χ1v) is 10.4. The highest BCUT2D eigenvalue weighted by Crippen LogP contribution is 2.38. The Hall–Kier alpha value is -1.64. The normalized spacial score (nSPS) is 21.1. The van der Waals surface area contributed by atoms with E-state index in [1.807, 2.05) is 0 Å². The number of likely N-dealkylation sites (N-methyl/N-ethyl adjacent to an activating group) is 1. The number of sulfone groups is 1. The molecule has 2 aliphatic rings. The van der Waals surface area contributed by atoms with Crippen LogP contribution in [0.5, 0.6) is 0 Å². The third-order valence-electron chi connectivity index (χ3n) is 5.43. The summed E-state index contributed by atoms with van der Waals surface area (Å²) in [5.41, 5.74) is 0. The molecule has 142 valence electrons. The number of carbonyl (C=O) groups excluding carboxylic acids is 2. The average Bonchev–Trinajstić information content (AvgIpc) is 3.04. The van der Waals surface area contributed by atoms with Crippen molar-refractivity contribution in [3.63, 3.8) is 0 Å². The van der Waals surface area contributed by atoms with Crippen molar-refractivity contribution in [1.29, 1.82) is 0 Å². The predicted octanol–water partition coefficient (Wildman–Crippen LogP) is 0.125. The molecular weight excluding hydrogens is 348 g/mol. The van der Waals surface area contributed by atoms with E-state index in [1.54, 1.807) is 4.90 Å². The predicted molar refractivity (Wildman–Crippen MR) is 90.6 cm³/mol. The van der Waals surface area contributed by atoms with E-state index < -0.39 is 32.4 Å². The minimum atomic E-state index is -3.57. The fourth-order valence-corrected chi connectivity index (χ4v) is 5.29. The zero-order valence-electron chi connectivity index (χ0n) is 14.7. The van der Waals surface area contributed by atoms with Crippen LogP contribution in [0.2, 0.25) is 0 Å². The number of nitrogens with zero attached hydrogens (tertiary/aromatic N) is 2. The topological polar surface area (TPSA) is 112 Å². The van der Waals surface area contributed by atoms with E-state index >= 15 is 0 Å². The van der Waals surface area contributed by atoms with Crippen LogP contribution in [-0.4, -0.2) is 78.8 Å². The number of hydrogen-bond donors (Lipinski definition) is 1. The molecule has 1 aliphatic heterocycles. The SMILES string of the molecule is CN(CC(=O)N1CCC(C(=O)O)CC1)C(=O)C1(S(C)(=O)=O)CCCC1. The third kappa shape index (κ3) is 3.96. The molecule has 1 N–H and O–H groups in total. The van der Waals surface area contributed by atoms with Gasteiger partial charge in [-0.15, -0.1) is 0 Å². The highest BCUT2D eigenvalue weighted by molar-refractivity contribution is 7.92. The van der Waals surface area contributed by atoms with Crippen LogP contribution < -0.4 is 0 Å². The van der Waals surface area contributed by atoms with Crippen molar-refractivity contribution in [2.75, 3.05) is 32.9 Å². The van der Waals surface area contributed by atoms with Gasteiger partial charge in [0, 0.05) is 26.4 Å². The second-order valence-electron chi connectivity index (χ2n) is 7.13. The molecule has 1 aliphatic carbocycles. The number of carbonyl (C=O) groups is 3. The van der Waals surface area contributed by atoms with Crippen LogP contribution >= 0.6 is 0 Å². The third-order valence-corrected chi connectivity index (χ3v) is 7.43. The summed E-state index contributed by atoms with van der Waals surface area (Å²) >= 11 is 0. The molecule has 1 saturated carbocycles. The molecule has 2 fully saturated rings. The molecule has 25 heavy (non-hydrogen) atoms. The van der Waals surface area contributed by atoms with Crippen LogP contribution in [0.25, 0.3) is 0 Å². The fraction of sp³-hybridized carbons (Fsp3) is 0.812. The molecule has 0 aromatic rings. The summed E-state index contributed by atoms with van der Waals surface area (Å²) in [6.45, 7) is 0.498. The van der Waals surface area contributed by atoms with E-state index in [2.05, 4.69) is 0 Å². The number of carboxylic acids is 1. The lowest BCUT2D eigenvalue weighted by molar-refractivity contribution is -0.146. The van der Waals surface area contributed by atoms with E-state index in [4.69, 9.17) is 5.11 Å². The van der Waals surface area contributed by atoms with Gasteiger partial charge in [0.1, 0.15) is 0 Å². The van der Waals surface area contributed by atoms with Crippen molar-refractivity contribution in [3.05, 3.63) is 0 Å². The Balaban J connectivity index is 1.99. The van der Waals surface area contributed by atoms with Gasteiger partial charge in [-0.2, -0.15) is 0 Å². The van der Waals surface area contributed by atoms with Crippen LogP contribution in [0.4, 0.5) is 0 Å². The van der Waals surface area contributed by atoms with Crippen molar-refractivity contribution in [3.8, 4) is 0 Å². The van der Waals surface area contributed by atoms with Crippen LogP contribution in [-0.2, 0) is 24.2 Å². The van der Waals surface area contributed by atoms with Crippen molar-refractivity contribution < 1.29 is 27.9 Å². The average molecular weight is 374 g/mol. The minimum Gasteiger partial charge on any atom is -0.481 e. The lowest BCUT2D eigenvalue weighted by Crippen LogP contribution is -2.53. The Bertz CT molecular complexity index is 646. The highest BCUT2D eigenvalue weighted by Gasteiger charge is 2.51. The highest BCUT2D eigenvalue weighted by atomic mass is 32.2. The van der Waals surface area contributed by atoms with E-state index in [9.17, 15) is 22.8 Å². The molecule has 0 bridgehead atoms. The van der Waals surface area contributed by atoms with Gasteiger partial charge >= 0.3 is 5.97 Å². The Labute approximate surface area is 148 Å². The summed E-state index contributed by atoms with van der Waals surface area (Å²) in [5.74, 6) is -2.08. The van der Waals surface area contributed by atoms with E-state index in [-0.39, 0.29) is 12.5 Å². The number of hydrogen-bond acceptors (Lipinski definition) is 5. The van der Waals surface area contributed by atoms with Gasteiger partial charge in [0.05, 0.1) is 12.5 Å². The monoisotopic (exact) mass is 374 g/mol. The lowest BCUT2D eigenvalue weighted by atomic mass is 9.97. The first kappa shape index (κ1) is 19.7. The van der Waals surface area contributed by atoms with E-state index in [1.165, 1.54) is 11.9 Å². The van der Waals surface area contributed by atoms with Gasteiger partial charge in [-0.25, -0.2) is 8.42 Å². The zero-order valence-corrected chi connectivity index (χ0v) is 15.5. The van der Waals surface area contributed by atoms with Gasteiger partial charge in [-0.1, -0.05) is 12.8 Å². The molecule has 0 radical (unpaired) electrons. The van der Waals surface area contributed by atoms with E-state index in [0.717, 1.165) is 6.26 Å². The zero-order chi connectivity index (χ0) is 18.8. The molecule has 1 saturated heterocycles. The molecule has 0 atom stereocenters. The molecule has 2 rings (SSSR count). The molecule has 2 amide bonds. The second-order valence-corrected chi connectivity index (χ2v) is 9.45. The van der Waals surface area contributed by atoms with Crippen LogP contribution in [0.15, 0.2) is 0 Å². The summed E-state index contributed by atoms with van der Waals surface area (Å²) in [7, 11) is -2.11. The summed E-state index contributed by atoms with van der Waals surface area (Å²) in [6.07, 6.45) is 3.84. The molecule has 0 unspecified atom stereocenters. The van der Waals surface area contributed by atoms with Gasteiger partial charge in [-0.3, -0.25) is 14.4 Å². The van der Waals surface area contributed by atoms with Gasteiger partial charge in [0.15, 0.2) is 14.6 Å². The summed E-state index contributed by atoms with van der Waals surface area (Å²) in [4.78, 5) is 38.9. The maximum Gasteiger partial charge on any atom is 0.306 e. The first-order chi connectivity index (χ1) is 11.6. The maximum absolute atomic E-state index is 12.8. The largest absolute Gasteiger partial charge is 0.481 e. The van der Waals surface area contributed by atoms with Gasteiger partial charge in [0.25, 0.3) is 0 Å². The molecule has 0 aromatic heterocycles. The fourth-order valence-electron chi connectivity index (χ4n) is 3.79. The number of carboxylic acid groups (broad SMARTS) is 1. The van der Waals surface area contributed by atoms with Crippen molar-refractivity contribution in [2.45, 2.75) is 43.3 Å². The minimum absolute atomic E-state index is 0.187. The standard InChI is InChI=1S/C16H26N2O6S/c1-17(15(22)16(25(2,23)24)7-3-4-8-16)11-13(19)18-9-5-12(6-10-18)14(20)21/h12H,3-11H2,1-2H3,(H,20,21). The quantitative estimate of drug-likeness (QED) is 0.732. The Morgan fingerprint density at radius 2 is 1.68 bits per heavy atom. The molecule has 8 nitrogen and oxygen atoms in total. The summed E-state index contributed by atoms with van der Waals surface area (Å²) < 4.78 is 23.0. The maximum atomic E-state index is 12.8. The first-order valence-electron chi connectivity index (χ1n) is 8.54. The van der Waals surface area contributed by atoms with Crippen molar-refractivity contribution in [2.24, 2.45) is 5.92 Å². The summed E-state index contributed by atoms with van der Waals surface area (Å²) in [5, 5.41) is 8.99. The number of aliphatic carboxylic acids is 1. The van der Waals surface area contributed by atoms with Crippen LogP contribution in [0, 0.1) is 5.92 Å². The van der Waals surface area contributed by atoms with E-state index in [0.29, 0.717) is 51.6 Å².